The number of hydrogen-bond donors (Lipinski definition) is 1. The van der Waals surface area contributed by atoms with Crippen LogP contribution < -0.4 is 14.9 Å². The molecular weight excluding hydrogens is 299 g/mol. The van der Waals surface area contributed by atoms with Crippen molar-refractivity contribution in [3.05, 3.63) is 47.1 Å². The van der Waals surface area contributed by atoms with Gasteiger partial charge in [-0.3, -0.25) is 0 Å². The molecule has 0 aliphatic rings. The van der Waals surface area contributed by atoms with Crippen molar-refractivity contribution < 1.29 is 17.9 Å². The van der Waals surface area contributed by atoms with Crippen LogP contribution in [0.5, 0.6) is 0 Å². The van der Waals surface area contributed by atoms with E-state index < -0.39 is 11.9 Å². The molecule has 9 heteroatoms. The smallest absolute Gasteiger partial charge is 0.433 e. The van der Waals surface area contributed by atoms with Gasteiger partial charge in [-0.05, 0) is 6.07 Å². The topological polar surface area (TPSA) is 68.0 Å². The van der Waals surface area contributed by atoms with Crippen LogP contribution in [0.25, 0.3) is 0 Å². The number of anilines is 2. The molecule has 0 radical (unpaired) electrons. The number of hydrogen-bond acceptors (Lipinski definition) is 5. The van der Waals surface area contributed by atoms with E-state index in [1.807, 2.05) is 0 Å². The Balaban J connectivity index is 2.24. The van der Waals surface area contributed by atoms with Crippen LogP contribution in [0.3, 0.4) is 0 Å². The monoisotopic (exact) mass is 313 g/mol. The molecule has 0 saturated heterocycles. The summed E-state index contributed by atoms with van der Waals surface area (Å²) in [6, 6.07) is 4.09. The molecule has 0 aliphatic heterocycles. The number of pyridine rings is 1. The zero-order chi connectivity index (χ0) is 16.3. The predicted octanol–water partition coefficient (Wildman–Crippen LogP) is 1.81. The number of aromatic nitrogens is 3. The molecule has 0 fully saturated rings. The third-order valence-electron chi connectivity index (χ3n) is 2.75. The first-order valence-electron chi connectivity index (χ1n) is 6.31. The summed E-state index contributed by atoms with van der Waals surface area (Å²) >= 11 is 0. The Morgan fingerprint density at radius 1 is 1.32 bits per heavy atom. The Kier molecular flexibility index (Phi) is 4.34. The second kappa shape index (κ2) is 6.04. The van der Waals surface area contributed by atoms with Crippen molar-refractivity contribution in [1.29, 1.82) is 0 Å². The fourth-order valence-corrected chi connectivity index (χ4v) is 1.67. The molecule has 2 heterocycles. The SMILES string of the molecule is CN(C)c1cc(C(F)(F)F)nc(NCc2ccc[n+]([O-])c2)n1. The highest BCUT2D eigenvalue weighted by molar-refractivity contribution is 5.44. The molecule has 6 nitrogen and oxygen atoms in total. The van der Waals surface area contributed by atoms with Crippen molar-refractivity contribution in [2.75, 3.05) is 24.3 Å². The maximum Gasteiger partial charge on any atom is 0.433 e. The van der Waals surface area contributed by atoms with Crippen LogP contribution >= 0.6 is 0 Å². The molecule has 0 saturated carbocycles. The van der Waals surface area contributed by atoms with Crippen molar-refractivity contribution in [3.8, 4) is 0 Å². The van der Waals surface area contributed by atoms with Crippen LogP contribution in [0, 0.1) is 5.21 Å². The normalized spacial score (nSPS) is 11.3. The van der Waals surface area contributed by atoms with E-state index in [0.717, 1.165) is 6.07 Å². The Hall–Kier alpha value is -2.58. The van der Waals surface area contributed by atoms with Crippen LogP contribution in [0.1, 0.15) is 11.3 Å². The molecule has 0 aliphatic carbocycles. The lowest BCUT2D eigenvalue weighted by Crippen LogP contribution is -2.25. The van der Waals surface area contributed by atoms with Gasteiger partial charge in [-0.2, -0.15) is 22.9 Å². The molecule has 0 spiro atoms. The van der Waals surface area contributed by atoms with Gasteiger partial charge in [0.25, 0.3) is 0 Å². The largest absolute Gasteiger partial charge is 0.619 e. The van der Waals surface area contributed by atoms with E-state index >= 15 is 0 Å². The standard InChI is InChI=1S/C13H14F3N5O/c1-20(2)11-6-10(13(14,15)16)18-12(19-11)17-7-9-4-3-5-21(22)8-9/h3-6,8H,7H2,1-2H3,(H,17,18,19). The van der Waals surface area contributed by atoms with Gasteiger partial charge in [-0.1, -0.05) is 0 Å². The summed E-state index contributed by atoms with van der Waals surface area (Å²) in [6.07, 6.45) is -1.93. The molecule has 0 amide bonds. The van der Waals surface area contributed by atoms with Crippen molar-refractivity contribution in [2.45, 2.75) is 12.7 Å². The minimum atomic E-state index is -4.56. The van der Waals surface area contributed by atoms with Crippen molar-refractivity contribution in [1.82, 2.24) is 9.97 Å². The number of halogens is 3. The van der Waals surface area contributed by atoms with E-state index in [1.54, 1.807) is 26.2 Å². The van der Waals surface area contributed by atoms with Gasteiger partial charge < -0.3 is 15.4 Å². The fraction of sp³-hybridized carbons (Fsp3) is 0.308. The summed E-state index contributed by atoms with van der Waals surface area (Å²) in [6.45, 7) is 0.136. The molecule has 0 aromatic carbocycles. The molecule has 1 N–H and O–H groups in total. The van der Waals surface area contributed by atoms with Gasteiger partial charge in [0.2, 0.25) is 5.95 Å². The molecule has 0 unspecified atom stereocenters. The molecule has 2 aromatic rings. The van der Waals surface area contributed by atoms with Gasteiger partial charge in [0.05, 0.1) is 0 Å². The number of rotatable bonds is 4. The third kappa shape index (κ3) is 3.96. The Morgan fingerprint density at radius 3 is 2.64 bits per heavy atom. The van der Waals surface area contributed by atoms with Gasteiger partial charge in [-0.15, -0.1) is 0 Å². The Bertz CT molecular complexity index is 660. The highest BCUT2D eigenvalue weighted by Crippen LogP contribution is 2.30. The first-order valence-corrected chi connectivity index (χ1v) is 6.31. The Morgan fingerprint density at radius 2 is 2.05 bits per heavy atom. The Labute approximate surface area is 124 Å². The highest BCUT2D eigenvalue weighted by atomic mass is 19.4. The van der Waals surface area contributed by atoms with E-state index in [-0.39, 0.29) is 18.3 Å². The second-order valence-corrected chi connectivity index (χ2v) is 4.75. The van der Waals surface area contributed by atoms with Crippen LogP contribution in [0.4, 0.5) is 24.9 Å². The number of nitrogens with zero attached hydrogens (tertiary/aromatic N) is 4. The molecule has 0 atom stereocenters. The molecular formula is C13H14F3N5O. The summed E-state index contributed by atoms with van der Waals surface area (Å²) in [4.78, 5) is 8.92. The van der Waals surface area contributed by atoms with E-state index in [9.17, 15) is 18.4 Å². The summed E-state index contributed by atoms with van der Waals surface area (Å²) in [5.41, 5.74) is -0.425. The summed E-state index contributed by atoms with van der Waals surface area (Å²) in [5, 5.41) is 13.8. The highest BCUT2D eigenvalue weighted by Gasteiger charge is 2.34. The lowest BCUT2D eigenvalue weighted by atomic mass is 10.3. The van der Waals surface area contributed by atoms with Gasteiger partial charge >= 0.3 is 6.18 Å². The van der Waals surface area contributed by atoms with Crippen LogP contribution in [-0.4, -0.2) is 24.1 Å². The van der Waals surface area contributed by atoms with Crippen molar-refractivity contribution >= 4 is 11.8 Å². The summed E-state index contributed by atoms with van der Waals surface area (Å²) in [7, 11) is 3.17. The predicted molar refractivity (Wildman–Crippen MR) is 74.1 cm³/mol. The first-order chi connectivity index (χ1) is 10.3. The molecule has 22 heavy (non-hydrogen) atoms. The molecule has 118 valence electrons. The lowest BCUT2D eigenvalue weighted by molar-refractivity contribution is -0.605. The quantitative estimate of drug-likeness (QED) is 0.689. The lowest BCUT2D eigenvalue weighted by Gasteiger charge is -2.15. The third-order valence-corrected chi connectivity index (χ3v) is 2.75. The van der Waals surface area contributed by atoms with Gasteiger partial charge in [0.1, 0.15) is 5.82 Å². The van der Waals surface area contributed by atoms with Gasteiger partial charge in [0.15, 0.2) is 18.1 Å². The summed E-state index contributed by atoms with van der Waals surface area (Å²) < 4.78 is 39.1. The van der Waals surface area contributed by atoms with Crippen LogP contribution in [0.15, 0.2) is 30.6 Å². The average Bonchev–Trinajstić information content (AvgIpc) is 2.44. The minimum Gasteiger partial charge on any atom is -0.619 e. The van der Waals surface area contributed by atoms with Gasteiger partial charge in [-0.25, -0.2) is 4.98 Å². The van der Waals surface area contributed by atoms with Crippen molar-refractivity contribution in [3.63, 3.8) is 0 Å². The second-order valence-electron chi connectivity index (χ2n) is 4.75. The number of alkyl halides is 3. The van der Waals surface area contributed by atoms with E-state index in [4.69, 9.17) is 0 Å². The van der Waals surface area contributed by atoms with E-state index in [0.29, 0.717) is 10.3 Å². The molecule has 2 aromatic heterocycles. The van der Waals surface area contributed by atoms with Crippen molar-refractivity contribution in [2.24, 2.45) is 0 Å². The summed E-state index contributed by atoms with van der Waals surface area (Å²) in [5.74, 6) is -0.0170. The zero-order valence-electron chi connectivity index (χ0n) is 11.9. The van der Waals surface area contributed by atoms with Crippen LogP contribution in [-0.2, 0) is 12.7 Å². The first kappa shape index (κ1) is 15.8. The number of nitrogens with one attached hydrogen (secondary N) is 1. The average molecular weight is 313 g/mol. The minimum absolute atomic E-state index is 0.136. The van der Waals surface area contributed by atoms with Crippen LogP contribution in [0.2, 0.25) is 0 Å². The fourth-order valence-electron chi connectivity index (χ4n) is 1.67. The maximum absolute atomic E-state index is 12.8. The maximum atomic E-state index is 12.8. The zero-order valence-corrected chi connectivity index (χ0v) is 11.9. The van der Waals surface area contributed by atoms with E-state index in [2.05, 4.69) is 15.3 Å². The molecule has 2 rings (SSSR count). The molecule has 0 bridgehead atoms. The van der Waals surface area contributed by atoms with E-state index in [1.165, 1.54) is 17.3 Å². The van der Waals surface area contributed by atoms with Gasteiger partial charge in [0, 0.05) is 38.3 Å².